The number of aromatic nitrogens is 1. The molecule has 1 unspecified atom stereocenters. The molecule has 6 heteroatoms. The van der Waals surface area contributed by atoms with Crippen LogP contribution in [0.1, 0.15) is 6.42 Å². The van der Waals surface area contributed by atoms with Crippen molar-refractivity contribution in [3.63, 3.8) is 0 Å². The zero-order chi connectivity index (χ0) is 17.2. The predicted octanol–water partition coefficient (Wildman–Crippen LogP) is 2.41. The number of nitrogens with one attached hydrogen (secondary N) is 2. The highest BCUT2D eigenvalue weighted by Crippen LogP contribution is 2.28. The third-order valence-corrected chi connectivity index (χ3v) is 4.53. The summed E-state index contributed by atoms with van der Waals surface area (Å²) < 4.78 is 6.99. The van der Waals surface area contributed by atoms with Crippen molar-refractivity contribution in [2.45, 2.75) is 19.0 Å². The van der Waals surface area contributed by atoms with Gasteiger partial charge in [-0.2, -0.15) is 0 Å². The van der Waals surface area contributed by atoms with Gasteiger partial charge in [0.2, 0.25) is 5.91 Å². The van der Waals surface area contributed by atoms with Crippen LogP contribution in [0.5, 0.6) is 0 Å². The molecule has 0 bridgehead atoms. The van der Waals surface area contributed by atoms with E-state index in [9.17, 15) is 9.59 Å². The van der Waals surface area contributed by atoms with Gasteiger partial charge in [-0.25, -0.2) is 4.79 Å². The number of rotatable bonds is 5. The molecule has 2 N–H and O–H groups in total. The zero-order valence-electron chi connectivity index (χ0n) is 13.7. The van der Waals surface area contributed by atoms with Crippen LogP contribution in [0.2, 0.25) is 0 Å². The van der Waals surface area contributed by atoms with Gasteiger partial charge < -0.3 is 19.9 Å². The van der Waals surface area contributed by atoms with Gasteiger partial charge in [-0.1, -0.05) is 36.4 Å². The number of hydrogen-bond donors (Lipinski definition) is 2. The zero-order valence-corrected chi connectivity index (χ0v) is 13.7. The van der Waals surface area contributed by atoms with Crippen molar-refractivity contribution in [2.24, 2.45) is 0 Å². The van der Waals surface area contributed by atoms with Crippen molar-refractivity contribution in [2.75, 3.05) is 13.2 Å². The van der Waals surface area contributed by atoms with E-state index in [1.54, 1.807) is 0 Å². The van der Waals surface area contributed by atoms with E-state index >= 15 is 0 Å². The Labute approximate surface area is 144 Å². The van der Waals surface area contributed by atoms with Gasteiger partial charge in [0.05, 0.1) is 6.04 Å². The minimum Gasteiger partial charge on any atom is -0.447 e. The minimum atomic E-state index is -0.426. The number of cyclic esters (lactones) is 1. The molecule has 25 heavy (non-hydrogen) atoms. The van der Waals surface area contributed by atoms with Crippen LogP contribution in [-0.4, -0.2) is 35.8 Å². The quantitative estimate of drug-likeness (QED) is 0.751. The Hall–Kier alpha value is -3.02. The molecular weight excluding hydrogens is 318 g/mol. The summed E-state index contributed by atoms with van der Waals surface area (Å²) >= 11 is 0. The number of carbonyl (C=O) groups is 2. The van der Waals surface area contributed by atoms with Gasteiger partial charge in [0, 0.05) is 41.3 Å². The first-order chi connectivity index (χ1) is 12.2. The molecule has 1 atom stereocenters. The normalized spacial score (nSPS) is 16.8. The summed E-state index contributed by atoms with van der Waals surface area (Å²) in [5.41, 5.74) is 2.26. The summed E-state index contributed by atoms with van der Waals surface area (Å²) in [5, 5.41) is 7.90. The van der Waals surface area contributed by atoms with Crippen LogP contribution in [0.25, 0.3) is 21.8 Å². The molecule has 0 saturated carbocycles. The van der Waals surface area contributed by atoms with Crippen molar-refractivity contribution in [3.05, 3.63) is 48.5 Å². The largest absolute Gasteiger partial charge is 0.447 e. The number of ether oxygens (including phenoxy) is 1. The van der Waals surface area contributed by atoms with Gasteiger partial charge in [0.25, 0.3) is 0 Å². The second-order valence-electron chi connectivity index (χ2n) is 6.18. The fourth-order valence-electron chi connectivity index (χ4n) is 3.32. The summed E-state index contributed by atoms with van der Waals surface area (Å²) in [6, 6.07) is 16.3. The van der Waals surface area contributed by atoms with Crippen LogP contribution in [-0.2, 0) is 16.1 Å². The lowest BCUT2D eigenvalue weighted by atomic mass is 10.2. The topological polar surface area (TPSA) is 72.4 Å². The van der Waals surface area contributed by atoms with E-state index < -0.39 is 6.09 Å². The van der Waals surface area contributed by atoms with E-state index in [4.69, 9.17) is 4.74 Å². The number of benzene rings is 2. The number of amides is 2. The number of carbonyl (C=O) groups excluding carboxylic acids is 2. The Morgan fingerprint density at radius 2 is 1.76 bits per heavy atom. The van der Waals surface area contributed by atoms with Crippen LogP contribution in [0.4, 0.5) is 4.79 Å². The SMILES string of the molecule is O=C(CCn1c2ccccc2c2ccccc21)NCC1COC(=O)N1. The maximum atomic E-state index is 12.2. The van der Waals surface area contributed by atoms with E-state index in [1.165, 1.54) is 10.8 Å². The van der Waals surface area contributed by atoms with Crippen LogP contribution < -0.4 is 10.6 Å². The number of hydrogen-bond acceptors (Lipinski definition) is 3. The molecule has 4 rings (SSSR count). The molecule has 128 valence electrons. The fourth-order valence-corrected chi connectivity index (χ4v) is 3.32. The van der Waals surface area contributed by atoms with E-state index in [0.29, 0.717) is 26.1 Å². The third kappa shape index (κ3) is 3.03. The van der Waals surface area contributed by atoms with Gasteiger partial charge >= 0.3 is 6.09 Å². The van der Waals surface area contributed by atoms with Gasteiger partial charge in [0.1, 0.15) is 6.61 Å². The van der Waals surface area contributed by atoms with E-state index in [-0.39, 0.29) is 11.9 Å². The minimum absolute atomic E-state index is 0.0389. The van der Waals surface area contributed by atoms with Crippen molar-refractivity contribution in [3.8, 4) is 0 Å². The first-order valence-corrected chi connectivity index (χ1v) is 8.38. The molecule has 3 aromatic rings. The Bertz CT molecular complexity index is 894. The molecule has 0 spiro atoms. The van der Waals surface area contributed by atoms with Crippen LogP contribution in [0.3, 0.4) is 0 Å². The number of para-hydroxylation sites is 2. The molecule has 1 fully saturated rings. The molecule has 2 heterocycles. The lowest BCUT2D eigenvalue weighted by Gasteiger charge is -2.10. The number of nitrogens with zero attached hydrogens (tertiary/aromatic N) is 1. The number of aryl methyl sites for hydroxylation is 1. The smallest absolute Gasteiger partial charge is 0.407 e. The highest BCUT2D eigenvalue weighted by atomic mass is 16.6. The van der Waals surface area contributed by atoms with Crippen molar-refractivity contribution < 1.29 is 14.3 Å². The van der Waals surface area contributed by atoms with Crippen LogP contribution >= 0.6 is 0 Å². The van der Waals surface area contributed by atoms with Gasteiger partial charge in [0.15, 0.2) is 0 Å². The van der Waals surface area contributed by atoms with Crippen LogP contribution in [0, 0.1) is 0 Å². The Morgan fingerprint density at radius 1 is 1.12 bits per heavy atom. The summed E-state index contributed by atoms with van der Waals surface area (Å²) in [6.45, 7) is 1.29. The molecular formula is C19H19N3O3. The first kappa shape index (κ1) is 15.5. The highest BCUT2D eigenvalue weighted by Gasteiger charge is 2.22. The lowest BCUT2D eigenvalue weighted by molar-refractivity contribution is -0.121. The molecule has 0 radical (unpaired) electrons. The monoisotopic (exact) mass is 337 g/mol. The summed E-state index contributed by atoms with van der Waals surface area (Å²) in [7, 11) is 0. The molecule has 0 aliphatic carbocycles. The van der Waals surface area contributed by atoms with Crippen LogP contribution in [0.15, 0.2) is 48.5 Å². The van der Waals surface area contributed by atoms with Gasteiger partial charge in [-0.15, -0.1) is 0 Å². The molecule has 1 saturated heterocycles. The standard InChI is InChI=1S/C19H19N3O3/c23-18(20-11-13-12-25-19(24)21-13)9-10-22-16-7-3-1-5-14(16)15-6-2-4-8-17(15)22/h1-8,13H,9-12H2,(H,20,23)(H,21,24). The maximum absolute atomic E-state index is 12.2. The molecule has 6 nitrogen and oxygen atoms in total. The van der Waals surface area contributed by atoms with Crippen molar-refractivity contribution in [1.82, 2.24) is 15.2 Å². The Kier molecular flexibility index (Phi) is 4.01. The second-order valence-corrected chi connectivity index (χ2v) is 6.18. The molecule has 1 aromatic heterocycles. The average Bonchev–Trinajstić information content (AvgIpc) is 3.19. The Morgan fingerprint density at radius 3 is 2.36 bits per heavy atom. The van der Waals surface area contributed by atoms with Gasteiger partial charge in [-0.3, -0.25) is 4.79 Å². The molecule has 1 aliphatic heterocycles. The van der Waals surface area contributed by atoms with Gasteiger partial charge in [-0.05, 0) is 12.1 Å². The summed E-state index contributed by atoms with van der Waals surface area (Å²) in [5.74, 6) is -0.0389. The average molecular weight is 337 g/mol. The van der Waals surface area contributed by atoms with E-state index in [0.717, 1.165) is 11.0 Å². The fraction of sp³-hybridized carbons (Fsp3) is 0.263. The second kappa shape index (κ2) is 6.47. The first-order valence-electron chi connectivity index (χ1n) is 8.38. The highest BCUT2D eigenvalue weighted by molar-refractivity contribution is 6.08. The number of fused-ring (bicyclic) bond motifs is 3. The Balaban J connectivity index is 1.47. The van der Waals surface area contributed by atoms with Crippen molar-refractivity contribution in [1.29, 1.82) is 0 Å². The van der Waals surface area contributed by atoms with E-state index in [2.05, 4.69) is 39.5 Å². The lowest BCUT2D eigenvalue weighted by Crippen LogP contribution is -2.39. The molecule has 2 aromatic carbocycles. The summed E-state index contributed by atoms with van der Waals surface area (Å²) in [6.07, 6.45) is -0.0472. The summed E-state index contributed by atoms with van der Waals surface area (Å²) in [4.78, 5) is 23.1. The molecule has 1 aliphatic rings. The van der Waals surface area contributed by atoms with Crippen molar-refractivity contribution >= 4 is 33.8 Å². The number of alkyl carbamates (subject to hydrolysis) is 1. The molecule has 2 amide bonds. The maximum Gasteiger partial charge on any atom is 0.407 e. The predicted molar refractivity (Wildman–Crippen MR) is 95.3 cm³/mol. The third-order valence-electron chi connectivity index (χ3n) is 4.53. The van der Waals surface area contributed by atoms with E-state index in [1.807, 2.05) is 24.3 Å².